The maximum Gasteiger partial charge on any atom is 0.322 e. The van der Waals surface area contributed by atoms with Gasteiger partial charge in [-0.25, -0.2) is 4.98 Å². The average Bonchev–Trinajstić information content (AvgIpc) is 2.35. The number of ether oxygens (including phenoxy) is 1. The molecule has 5 nitrogen and oxygen atoms in total. The Hall–Kier alpha value is -1.56. The van der Waals surface area contributed by atoms with Gasteiger partial charge < -0.3 is 10.5 Å². The first-order valence-electron chi connectivity index (χ1n) is 5.39. The molecule has 8 heteroatoms. The van der Waals surface area contributed by atoms with Crippen molar-refractivity contribution in [3.05, 3.63) is 44.7 Å². The summed E-state index contributed by atoms with van der Waals surface area (Å²) in [7, 11) is 0. The molecule has 0 saturated heterocycles. The fourth-order valence-corrected chi connectivity index (χ4v) is 1.98. The maximum absolute atomic E-state index is 7.38. The summed E-state index contributed by atoms with van der Waals surface area (Å²) >= 11 is 17.7. The third-order valence-corrected chi connectivity index (χ3v) is 3.30. The summed E-state index contributed by atoms with van der Waals surface area (Å²) in [6.45, 7) is 1.73. The minimum atomic E-state index is -0.180. The topological polar surface area (TPSA) is 84.9 Å². The van der Waals surface area contributed by atoms with Crippen molar-refractivity contribution in [1.29, 1.82) is 5.41 Å². The summed E-state index contributed by atoms with van der Waals surface area (Å²) in [6, 6.07) is 4.52. The molecule has 0 bridgehead atoms. The number of nitrogens with one attached hydrogen (secondary N) is 1. The van der Waals surface area contributed by atoms with Crippen molar-refractivity contribution in [2.24, 2.45) is 5.73 Å². The highest BCUT2D eigenvalue weighted by Gasteiger charge is 2.11. The predicted octanol–water partition coefficient (Wildman–Crippen LogP) is 3.82. The third-order valence-electron chi connectivity index (χ3n) is 2.29. The molecule has 2 aromatic rings. The molecule has 0 aliphatic heterocycles. The van der Waals surface area contributed by atoms with Crippen LogP contribution in [0.1, 0.15) is 11.4 Å². The first kappa shape index (κ1) is 14.8. The van der Waals surface area contributed by atoms with E-state index < -0.39 is 0 Å². The molecule has 0 saturated carbocycles. The summed E-state index contributed by atoms with van der Waals surface area (Å²) in [5.74, 6) is 0.0850. The second-order valence-electron chi connectivity index (χ2n) is 3.89. The zero-order valence-corrected chi connectivity index (χ0v) is 12.5. The molecule has 0 fully saturated rings. The van der Waals surface area contributed by atoms with Gasteiger partial charge in [-0.05, 0) is 19.1 Å². The molecule has 0 aliphatic carbocycles. The number of aryl methyl sites for hydroxylation is 1. The van der Waals surface area contributed by atoms with E-state index >= 15 is 0 Å². The third kappa shape index (κ3) is 3.30. The summed E-state index contributed by atoms with van der Waals surface area (Å²) in [5, 5.41) is 8.27. The molecule has 0 spiro atoms. The highest BCUT2D eigenvalue weighted by Crippen LogP contribution is 2.35. The number of rotatable bonds is 3. The second kappa shape index (κ2) is 5.83. The number of nitrogens with two attached hydrogens (primary N) is 1. The molecule has 0 radical (unpaired) electrons. The normalized spacial score (nSPS) is 10.4. The lowest BCUT2D eigenvalue weighted by Crippen LogP contribution is -2.14. The molecule has 0 atom stereocenters. The predicted molar refractivity (Wildman–Crippen MR) is 79.3 cm³/mol. The highest BCUT2D eigenvalue weighted by atomic mass is 35.5. The number of hydrogen-bond donors (Lipinski definition) is 2. The minimum absolute atomic E-state index is 0.0236. The van der Waals surface area contributed by atoms with Crippen molar-refractivity contribution in [3.63, 3.8) is 0 Å². The van der Waals surface area contributed by atoms with E-state index in [4.69, 9.17) is 50.7 Å². The molecule has 3 N–H and O–H groups in total. The second-order valence-corrected chi connectivity index (χ2v) is 5.11. The zero-order chi connectivity index (χ0) is 14.9. The largest absolute Gasteiger partial charge is 0.423 e. The highest BCUT2D eigenvalue weighted by molar-refractivity contribution is 6.43. The summed E-state index contributed by atoms with van der Waals surface area (Å²) in [6.07, 6.45) is 0. The van der Waals surface area contributed by atoms with Crippen molar-refractivity contribution in [3.8, 4) is 11.8 Å². The van der Waals surface area contributed by atoms with Crippen molar-refractivity contribution < 1.29 is 4.74 Å². The van der Waals surface area contributed by atoms with Gasteiger partial charge in [0.25, 0.3) is 0 Å². The van der Waals surface area contributed by atoms with Gasteiger partial charge in [-0.15, -0.1) is 0 Å². The van der Waals surface area contributed by atoms with Gasteiger partial charge in [-0.2, -0.15) is 4.98 Å². The number of nitrogen functional groups attached to an aromatic ring is 1. The van der Waals surface area contributed by atoms with Crippen LogP contribution < -0.4 is 10.5 Å². The van der Waals surface area contributed by atoms with Gasteiger partial charge in [0.1, 0.15) is 11.5 Å². The van der Waals surface area contributed by atoms with Gasteiger partial charge in [0, 0.05) is 11.8 Å². The molecule has 0 amide bonds. The molecular weight excluding hydrogens is 323 g/mol. The lowest BCUT2D eigenvalue weighted by molar-refractivity contribution is 0.440. The van der Waals surface area contributed by atoms with Gasteiger partial charge in [-0.1, -0.05) is 34.8 Å². The first-order valence-corrected chi connectivity index (χ1v) is 6.52. The SMILES string of the molecule is Cc1cc(C(=N)N)nc(Oc2cc(Cl)c(Cl)cc2Cl)n1. The molecule has 1 aromatic heterocycles. The maximum atomic E-state index is 7.38. The van der Waals surface area contributed by atoms with E-state index in [2.05, 4.69) is 9.97 Å². The van der Waals surface area contributed by atoms with Crippen LogP contribution in [0.2, 0.25) is 15.1 Å². The Bertz CT molecular complexity index is 691. The van der Waals surface area contributed by atoms with E-state index in [1.807, 2.05) is 0 Å². The van der Waals surface area contributed by atoms with Gasteiger partial charge in [-0.3, -0.25) is 5.41 Å². The van der Waals surface area contributed by atoms with E-state index in [9.17, 15) is 0 Å². The van der Waals surface area contributed by atoms with Crippen LogP contribution in [0.5, 0.6) is 11.8 Å². The smallest absolute Gasteiger partial charge is 0.322 e. The Morgan fingerprint density at radius 2 is 1.75 bits per heavy atom. The van der Waals surface area contributed by atoms with Crippen molar-refractivity contribution >= 4 is 40.6 Å². The summed E-state index contributed by atoms with van der Waals surface area (Å²) in [5.41, 5.74) is 6.27. The van der Waals surface area contributed by atoms with Crippen LogP contribution in [-0.2, 0) is 0 Å². The van der Waals surface area contributed by atoms with E-state index in [1.54, 1.807) is 13.0 Å². The lowest BCUT2D eigenvalue weighted by atomic mass is 10.3. The summed E-state index contributed by atoms with van der Waals surface area (Å²) in [4.78, 5) is 8.09. The van der Waals surface area contributed by atoms with Crippen molar-refractivity contribution in [2.45, 2.75) is 6.92 Å². The minimum Gasteiger partial charge on any atom is -0.423 e. The van der Waals surface area contributed by atoms with Gasteiger partial charge in [0.15, 0.2) is 5.75 Å². The van der Waals surface area contributed by atoms with Crippen LogP contribution in [0.4, 0.5) is 0 Å². The van der Waals surface area contributed by atoms with Crippen LogP contribution in [0, 0.1) is 12.3 Å². The quantitative estimate of drug-likeness (QED) is 0.508. The standard InChI is InChI=1S/C12H9Cl3N4O/c1-5-2-9(11(16)17)19-12(18-5)20-10-4-7(14)6(13)3-8(10)15/h2-4H,1H3,(H3,16,17). The molecule has 2 rings (SSSR count). The molecule has 1 aromatic carbocycles. The fourth-order valence-electron chi connectivity index (χ4n) is 1.41. The van der Waals surface area contributed by atoms with Gasteiger partial charge >= 0.3 is 6.01 Å². The fraction of sp³-hybridized carbons (Fsp3) is 0.0833. The van der Waals surface area contributed by atoms with Crippen molar-refractivity contribution in [2.75, 3.05) is 0 Å². The number of halogens is 3. The Labute approximate surface area is 130 Å². The number of amidine groups is 1. The summed E-state index contributed by atoms with van der Waals surface area (Å²) < 4.78 is 5.47. The van der Waals surface area contributed by atoms with Crippen molar-refractivity contribution in [1.82, 2.24) is 9.97 Å². The molecule has 0 aliphatic rings. The molecule has 1 heterocycles. The van der Waals surface area contributed by atoms with E-state index in [0.717, 1.165) is 0 Å². The van der Waals surface area contributed by atoms with Gasteiger partial charge in [0.05, 0.1) is 15.1 Å². The number of aromatic nitrogens is 2. The average molecular weight is 332 g/mol. The number of nitrogens with zero attached hydrogens (tertiary/aromatic N) is 2. The zero-order valence-electron chi connectivity index (χ0n) is 10.2. The Morgan fingerprint density at radius 1 is 1.10 bits per heavy atom. The monoisotopic (exact) mass is 330 g/mol. The first-order chi connectivity index (χ1) is 9.36. The molecular formula is C12H9Cl3N4O. The van der Waals surface area contributed by atoms with E-state index in [0.29, 0.717) is 15.7 Å². The van der Waals surface area contributed by atoms with Crippen LogP contribution in [-0.4, -0.2) is 15.8 Å². The van der Waals surface area contributed by atoms with Crippen LogP contribution in [0.25, 0.3) is 0 Å². The molecule has 104 valence electrons. The lowest BCUT2D eigenvalue weighted by Gasteiger charge is -2.09. The Kier molecular flexibility index (Phi) is 4.32. The Balaban J connectivity index is 2.40. The van der Waals surface area contributed by atoms with Crippen LogP contribution in [0.3, 0.4) is 0 Å². The van der Waals surface area contributed by atoms with E-state index in [-0.39, 0.29) is 28.3 Å². The molecule has 20 heavy (non-hydrogen) atoms. The number of hydrogen-bond acceptors (Lipinski definition) is 4. The van der Waals surface area contributed by atoms with E-state index in [1.165, 1.54) is 12.1 Å². The van der Waals surface area contributed by atoms with Crippen LogP contribution in [0.15, 0.2) is 18.2 Å². The molecule has 0 unspecified atom stereocenters. The number of benzene rings is 1. The van der Waals surface area contributed by atoms with Crippen LogP contribution >= 0.6 is 34.8 Å². The Morgan fingerprint density at radius 3 is 2.40 bits per heavy atom. The van der Waals surface area contributed by atoms with Gasteiger partial charge in [0.2, 0.25) is 0 Å².